The van der Waals surface area contributed by atoms with Gasteiger partial charge in [-0.25, -0.2) is 9.67 Å². The number of rotatable bonds is 4. The summed E-state index contributed by atoms with van der Waals surface area (Å²) in [6.45, 7) is 2.89. The molecular weight excluding hydrogens is 366 g/mol. The van der Waals surface area contributed by atoms with E-state index in [0.29, 0.717) is 6.04 Å². The average molecular weight is 398 g/mol. The van der Waals surface area contributed by atoms with Crippen LogP contribution in [0.5, 0.6) is 0 Å². The summed E-state index contributed by atoms with van der Waals surface area (Å²) in [6.07, 6.45) is 15.4. The Morgan fingerprint density at radius 3 is 2.76 bits per heavy atom. The first-order valence-electron chi connectivity index (χ1n) is 11.1. The summed E-state index contributed by atoms with van der Waals surface area (Å²) >= 11 is 0. The molecule has 0 atom stereocenters. The van der Waals surface area contributed by atoms with Gasteiger partial charge in [0.25, 0.3) is 0 Å². The molecule has 0 bridgehead atoms. The van der Waals surface area contributed by atoms with E-state index in [1.165, 1.54) is 32.1 Å². The largest absolute Gasteiger partial charge is 0.393 e. The molecule has 2 saturated carbocycles. The van der Waals surface area contributed by atoms with Crippen LogP contribution >= 0.6 is 0 Å². The molecule has 2 aliphatic carbocycles. The maximum Gasteiger partial charge on any atom is 0.159 e. The third-order valence-corrected chi connectivity index (χ3v) is 6.78. The molecule has 0 unspecified atom stereocenters. The molecule has 29 heavy (non-hydrogen) atoms. The average Bonchev–Trinajstić information content (AvgIpc) is 3.36. The van der Waals surface area contributed by atoms with Crippen molar-refractivity contribution < 1.29 is 9.94 Å². The molecule has 5 rings (SSSR count). The molecule has 3 heterocycles. The first-order valence-corrected chi connectivity index (χ1v) is 11.1. The second-order valence-corrected chi connectivity index (χ2v) is 8.78. The maximum absolute atomic E-state index is 9.88. The van der Waals surface area contributed by atoms with Gasteiger partial charge in [0, 0.05) is 24.3 Å². The fraction of sp³-hybridized carbons (Fsp3) is 0.636. The predicted molar refractivity (Wildman–Crippen MR) is 113 cm³/mol. The van der Waals surface area contributed by atoms with Gasteiger partial charge in [-0.15, -0.1) is 0 Å². The number of nitrogens with one attached hydrogen (secondary N) is 2. The molecule has 3 aliphatic rings. The van der Waals surface area contributed by atoms with Crippen LogP contribution in [-0.2, 0) is 11.4 Å². The van der Waals surface area contributed by atoms with Crippen molar-refractivity contribution in [1.82, 2.24) is 20.2 Å². The summed E-state index contributed by atoms with van der Waals surface area (Å²) in [4.78, 5) is 10.8. The fourth-order valence-corrected chi connectivity index (χ4v) is 5.02. The number of aryl methyl sites for hydroxylation is 1. The van der Waals surface area contributed by atoms with Crippen molar-refractivity contribution in [2.45, 2.75) is 89.0 Å². The van der Waals surface area contributed by atoms with Gasteiger partial charge in [0.2, 0.25) is 0 Å². The molecule has 3 N–H and O–H groups in total. The van der Waals surface area contributed by atoms with Crippen molar-refractivity contribution in [3.63, 3.8) is 0 Å². The lowest BCUT2D eigenvalue weighted by Gasteiger charge is -2.31. The van der Waals surface area contributed by atoms with Crippen LogP contribution in [0, 0.1) is 0 Å². The van der Waals surface area contributed by atoms with Crippen LogP contribution in [0.25, 0.3) is 16.7 Å². The number of anilines is 1. The number of pyridine rings is 1. The van der Waals surface area contributed by atoms with Gasteiger partial charge in [-0.1, -0.05) is 19.3 Å². The van der Waals surface area contributed by atoms with Crippen LogP contribution in [0.3, 0.4) is 0 Å². The number of hydrogen-bond donors (Lipinski definition) is 3. The summed E-state index contributed by atoms with van der Waals surface area (Å²) in [5, 5.41) is 19.3. The molecule has 0 saturated heterocycles. The van der Waals surface area contributed by atoms with E-state index < -0.39 is 0 Å². The van der Waals surface area contributed by atoms with E-state index in [0.717, 1.165) is 60.2 Å². The zero-order valence-electron chi connectivity index (χ0n) is 17.2. The molecule has 1 aliphatic heterocycles. The molecule has 0 aromatic carbocycles. The van der Waals surface area contributed by atoms with Crippen molar-refractivity contribution >= 4 is 22.4 Å². The van der Waals surface area contributed by atoms with Gasteiger partial charge >= 0.3 is 0 Å². The van der Waals surface area contributed by atoms with Crippen LogP contribution in [0.2, 0.25) is 0 Å². The number of aliphatic hydroxyl groups excluding tert-OH is 1. The Balaban J connectivity index is 1.53. The second kappa shape index (κ2) is 7.61. The van der Waals surface area contributed by atoms with Crippen LogP contribution in [0.1, 0.15) is 70.3 Å². The normalized spacial score (nSPS) is 27.9. The smallest absolute Gasteiger partial charge is 0.159 e. The van der Waals surface area contributed by atoms with Crippen molar-refractivity contribution in [3.8, 4) is 0 Å². The lowest BCUT2D eigenvalue weighted by atomic mass is 9.83. The number of nitrogens with zero attached hydrogens (tertiary/aromatic N) is 3. The summed E-state index contributed by atoms with van der Waals surface area (Å²) in [6, 6.07) is 0.486. The molecule has 7 heteroatoms. The minimum atomic E-state index is -0.320. The van der Waals surface area contributed by atoms with Crippen molar-refractivity contribution in [1.29, 1.82) is 0 Å². The first-order chi connectivity index (χ1) is 14.2. The molecule has 0 radical (unpaired) electrons. The van der Waals surface area contributed by atoms with Crippen LogP contribution in [0.15, 0.2) is 18.5 Å². The Kier molecular flexibility index (Phi) is 4.95. The van der Waals surface area contributed by atoms with Crippen molar-refractivity contribution in [2.24, 2.45) is 0 Å². The van der Waals surface area contributed by atoms with E-state index in [1.54, 1.807) is 0 Å². The topological polar surface area (TPSA) is 84.2 Å². The SMILES string of the molecule is CCn1ncc2c(NC3CCCCC3)c(C3=CC4(CCC(O)CC4)ON3)cnc21. The summed E-state index contributed by atoms with van der Waals surface area (Å²) in [5.74, 6) is 0. The molecule has 2 aromatic heterocycles. The molecule has 2 fully saturated rings. The molecule has 2 aromatic rings. The molecule has 0 amide bonds. The summed E-state index contributed by atoms with van der Waals surface area (Å²) in [5.41, 5.74) is 6.91. The first kappa shape index (κ1) is 18.9. The Labute approximate surface area is 171 Å². The minimum absolute atomic E-state index is 0.205. The van der Waals surface area contributed by atoms with Gasteiger partial charge in [-0.05, 0) is 51.5 Å². The third kappa shape index (κ3) is 3.51. The molecule has 156 valence electrons. The van der Waals surface area contributed by atoms with Gasteiger partial charge in [-0.3, -0.25) is 10.3 Å². The number of aromatic nitrogens is 3. The summed E-state index contributed by atoms with van der Waals surface area (Å²) < 4.78 is 1.95. The van der Waals surface area contributed by atoms with E-state index in [9.17, 15) is 5.11 Å². The minimum Gasteiger partial charge on any atom is -0.393 e. The molecule has 1 spiro atoms. The number of hydrogen-bond acceptors (Lipinski definition) is 6. The summed E-state index contributed by atoms with van der Waals surface area (Å²) in [7, 11) is 0. The zero-order chi connectivity index (χ0) is 19.8. The van der Waals surface area contributed by atoms with Gasteiger partial charge in [0.15, 0.2) is 5.65 Å². The quantitative estimate of drug-likeness (QED) is 0.729. The highest BCUT2D eigenvalue weighted by atomic mass is 16.7. The van der Waals surface area contributed by atoms with Gasteiger partial charge in [-0.2, -0.15) is 5.10 Å². The van der Waals surface area contributed by atoms with Gasteiger partial charge in [0.05, 0.1) is 29.1 Å². The van der Waals surface area contributed by atoms with E-state index in [-0.39, 0.29) is 11.7 Å². The lowest BCUT2D eigenvalue weighted by molar-refractivity contribution is -0.0743. The van der Waals surface area contributed by atoms with Gasteiger partial charge in [0.1, 0.15) is 5.60 Å². The molecule has 7 nitrogen and oxygen atoms in total. The Morgan fingerprint density at radius 1 is 1.21 bits per heavy atom. The standard InChI is InChI=1S/C22H31N5O2/c1-2-27-21-18(14-24-27)20(25-15-6-4-3-5-7-15)17(13-23-21)19-12-22(29-26-19)10-8-16(28)9-11-22/h12-16,26,28H,2-11H2,1H3,(H,23,25). The maximum atomic E-state index is 9.88. The Bertz CT molecular complexity index is 907. The van der Waals surface area contributed by atoms with Crippen molar-refractivity contribution in [3.05, 3.63) is 24.0 Å². The van der Waals surface area contributed by atoms with E-state index in [4.69, 9.17) is 9.82 Å². The van der Waals surface area contributed by atoms with E-state index in [2.05, 4.69) is 28.9 Å². The number of fused-ring (bicyclic) bond motifs is 1. The third-order valence-electron chi connectivity index (χ3n) is 6.78. The zero-order valence-corrected chi connectivity index (χ0v) is 17.2. The van der Waals surface area contributed by atoms with E-state index in [1.807, 2.05) is 17.1 Å². The van der Waals surface area contributed by atoms with Crippen LogP contribution in [0.4, 0.5) is 5.69 Å². The fourth-order valence-electron chi connectivity index (χ4n) is 5.02. The Hall–Kier alpha value is -2.12. The van der Waals surface area contributed by atoms with E-state index >= 15 is 0 Å². The highest BCUT2D eigenvalue weighted by Crippen LogP contribution is 2.41. The van der Waals surface area contributed by atoms with Gasteiger partial charge < -0.3 is 10.4 Å². The Morgan fingerprint density at radius 2 is 2.00 bits per heavy atom. The monoisotopic (exact) mass is 397 g/mol. The number of hydroxylamine groups is 1. The van der Waals surface area contributed by atoms with Crippen molar-refractivity contribution in [2.75, 3.05) is 5.32 Å². The number of aliphatic hydroxyl groups is 1. The highest BCUT2D eigenvalue weighted by Gasteiger charge is 2.39. The van der Waals surface area contributed by atoms with Crippen LogP contribution < -0.4 is 10.8 Å². The lowest BCUT2D eigenvalue weighted by Crippen LogP contribution is -2.36. The second-order valence-electron chi connectivity index (χ2n) is 8.78. The highest BCUT2D eigenvalue weighted by molar-refractivity contribution is 5.95. The van der Waals surface area contributed by atoms with Crippen LogP contribution in [-0.4, -0.2) is 37.6 Å². The predicted octanol–water partition coefficient (Wildman–Crippen LogP) is 3.75. The molecular formula is C22H31N5O2.